The molecule has 0 aliphatic heterocycles. The van der Waals surface area contributed by atoms with Crippen LogP contribution >= 0.6 is 8.25 Å². The van der Waals surface area contributed by atoms with Crippen molar-refractivity contribution in [3.05, 3.63) is 0 Å². The minimum Gasteiger partial charge on any atom is -0.307 e. The van der Waals surface area contributed by atoms with E-state index in [9.17, 15) is 4.57 Å². The molecule has 0 amide bonds. The van der Waals surface area contributed by atoms with Crippen molar-refractivity contribution in [2.45, 2.75) is 105 Å². The minimum absolute atomic E-state index is 0.140. The summed E-state index contributed by atoms with van der Waals surface area (Å²) in [6, 6.07) is 0. The summed E-state index contributed by atoms with van der Waals surface area (Å²) >= 11 is 0. The molecule has 0 heterocycles. The van der Waals surface area contributed by atoms with Crippen molar-refractivity contribution < 1.29 is 13.6 Å². The summed E-state index contributed by atoms with van der Waals surface area (Å²) in [4.78, 5) is 0. The Balaban J connectivity index is 1.68. The van der Waals surface area contributed by atoms with E-state index in [1.165, 1.54) is 25.7 Å². The Hall–Kier alpha value is 0.150. The molecule has 2 aliphatic rings. The zero-order valence-electron chi connectivity index (χ0n) is 16.7. The van der Waals surface area contributed by atoms with E-state index in [2.05, 4.69) is 41.5 Å². The number of rotatable bonds is 4. The van der Waals surface area contributed by atoms with Crippen LogP contribution in [0.15, 0.2) is 0 Å². The second-order valence-corrected chi connectivity index (χ2v) is 11.1. The fourth-order valence-electron chi connectivity index (χ4n) is 4.39. The van der Waals surface area contributed by atoms with Gasteiger partial charge >= 0.3 is 8.25 Å². The van der Waals surface area contributed by atoms with Crippen LogP contribution in [0.3, 0.4) is 0 Å². The van der Waals surface area contributed by atoms with Crippen molar-refractivity contribution in [1.82, 2.24) is 0 Å². The maximum absolute atomic E-state index is 12.3. The fourth-order valence-corrected chi connectivity index (χ4v) is 5.46. The van der Waals surface area contributed by atoms with E-state index in [1.807, 2.05) is 0 Å². The first-order valence-corrected chi connectivity index (χ1v) is 11.2. The predicted molar refractivity (Wildman–Crippen MR) is 102 cm³/mol. The molecule has 0 atom stereocenters. The van der Waals surface area contributed by atoms with E-state index in [0.29, 0.717) is 10.8 Å². The highest BCUT2D eigenvalue weighted by Gasteiger charge is 2.33. The maximum Gasteiger partial charge on any atom is 0.319 e. The SMILES string of the molecule is CC(C)(C)C1CCC(O[PH](=O)OC2CCC(C(C)(C)C)CC2)CC1. The summed E-state index contributed by atoms with van der Waals surface area (Å²) in [6.45, 7) is 13.9. The van der Waals surface area contributed by atoms with Crippen LogP contribution in [0.25, 0.3) is 0 Å². The van der Waals surface area contributed by atoms with Crippen LogP contribution in [0.4, 0.5) is 0 Å². The third-order valence-corrected chi connectivity index (χ3v) is 7.38. The molecule has 0 bridgehead atoms. The largest absolute Gasteiger partial charge is 0.319 e. The van der Waals surface area contributed by atoms with Gasteiger partial charge in [0.05, 0.1) is 12.2 Å². The van der Waals surface area contributed by atoms with Gasteiger partial charge in [0, 0.05) is 0 Å². The molecule has 2 aliphatic carbocycles. The first-order valence-electron chi connectivity index (χ1n) is 9.93. The van der Waals surface area contributed by atoms with Crippen molar-refractivity contribution in [2.24, 2.45) is 22.7 Å². The van der Waals surface area contributed by atoms with Crippen molar-refractivity contribution in [2.75, 3.05) is 0 Å². The van der Waals surface area contributed by atoms with E-state index in [4.69, 9.17) is 9.05 Å². The second-order valence-electron chi connectivity index (χ2n) is 10.2. The lowest BCUT2D eigenvalue weighted by atomic mass is 9.72. The highest BCUT2D eigenvalue weighted by Crippen LogP contribution is 2.44. The fraction of sp³-hybridized carbons (Fsp3) is 1.00. The van der Waals surface area contributed by atoms with Gasteiger partial charge in [0.25, 0.3) is 0 Å². The van der Waals surface area contributed by atoms with Gasteiger partial charge in [0.1, 0.15) is 0 Å². The van der Waals surface area contributed by atoms with Crippen molar-refractivity contribution >= 4 is 8.25 Å². The van der Waals surface area contributed by atoms with Crippen LogP contribution < -0.4 is 0 Å². The molecular formula is C20H39O3P. The molecule has 3 nitrogen and oxygen atoms in total. The van der Waals surface area contributed by atoms with Crippen molar-refractivity contribution in [3.63, 3.8) is 0 Å². The Morgan fingerprint density at radius 1 is 0.625 bits per heavy atom. The van der Waals surface area contributed by atoms with Crippen molar-refractivity contribution in [3.8, 4) is 0 Å². The van der Waals surface area contributed by atoms with Crippen LogP contribution in [0.2, 0.25) is 0 Å². The van der Waals surface area contributed by atoms with E-state index >= 15 is 0 Å². The molecule has 0 aromatic carbocycles. The quantitative estimate of drug-likeness (QED) is 0.530. The van der Waals surface area contributed by atoms with Crippen LogP contribution in [0.1, 0.15) is 92.9 Å². The summed E-state index contributed by atoms with van der Waals surface area (Å²) in [6.07, 6.45) is 9.11. The summed E-state index contributed by atoms with van der Waals surface area (Å²) in [5.41, 5.74) is 0.747. The van der Waals surface area contributed by atoms with Gasteiger partial charge in [0.15, 0.2) is 0 Å². The van der Waals surface area contributed by atoms with Gasteiger partial charge in [-0.3, -0.25) is 4.57 Å². The van der Waals surface area contributed by atoms with Gasteiger partial charge in [-0.2, -0.15) is 0 Å². The van der Waals surface area contributed by atoms with Gasteiger partial charge in [-0.15, -0.1) is 0 Å². The van der Waals surface area contributed by atoms with Gasteiger partial charge in [-0.25, -0.2) is 0 Å². The third kappa shape index (κ3) is 6.15. The Morgan fingerprint density at radius 2 is 0.917 bits per heavy atom. The zero-order chi connectivity index (χ0) is 18.0. The molecule has 2 saturated carbocycles. The lowest BCUT2D eigenvalue weighted by Crippen LogP contribution is -2.29. The Labute approximate surface area is 150 Å². The molecule has 0 N–H and O–H groups in total. The van der Waals surface area contributed by atoms with Crippen LogP contribution in [-0.2, 0) is 13.6 Å². The van der Waals surface area contributed by atoms with Crippen LogP contribution in [0.5, 0.6) is 0 Å². The molecule has 4 heteroatoms. The minimum atomic E-state index is -2.34. The van der Waals surface area contributed by atoms with Gasteiger partial charge in [0.2, 0.25) is 0 Å². The standard InChI is InChI=1S/C20H39O3P/c1-19(2,3)15-7-11-17(12-8-15)22-24(21)23-18-13-9-16(10-14-18)20(4,5)6/h15-18,24H,7-14H2,1-6H3. The molecule has 0 radical (unpaired) electrons. The molecule has 0 aromatic rings. The molecule has 0 spiro atoms. The van der Waals surface area contributed by atoms with Crippen molar-refractivity contribution in [1.29, 1.82) is 0 Å². The molecule has 2 fully saturated rings. The summed E-state index contributed by atoms with van der Waals surface area (Å²) in [7, 11) is -2.34. The first kappa shape index (κ1) is 20.5. The van der Waals surface area contributed by atoms with E-state index in [1.54, 1.807) is 0 Å². The molecule has 2 rings (SSSR count). The van der Waals surface area contributed by atoms with E-state index in [0.717, 1.165) is 37.5 Å². The Bertz CT molecular complexity index is 368. The molecular weight excluding hydrogens is 319 g/mol. The van der Waals surface area contributed by atoms with Gasteiger partial charge in [-0.05, 0) is 74.0 Å². The van der Waals surface area contributed by atoms with E-state index < -0.39 is 8.25 Å². The molecule has 0 unspecified atom stereocenters. The highest BCUT2D eigenvalue weighted by molar-refractivity contribution is 7.33. The molecule has 24 heavy (non-hydrogen) atoms. The molecule has 0 aromatic heterocycles. The maximum atomic E-state index is 12.3. The topological polar surface area (TPSA) is 35.5 Å². The third-order valence-electron chi connectivity index (χ3n) is 6.32. The summed E-state index contributed by atoms with van der Waals surface area (Å²) < 4.78 is 23.8. The molecule has 0 saturated heterocycles. The number of hydrogen-bond donors (Lipinski definition) is 0. The Morgan fingerprint density at radius 3 is 1.17 bits per heavy atom. The normalized spacial score (nSPS) is 34.1. The average molecular weight is 359 g/mol. The number of hydrogen-bond acceptors (Lipinski definition) is 3. The Kier molecular flexibility index (Phi) is 7.02. The summed E-state index contributed by atoms with van der Waals surface area (Å²) in [5, 5.41) is 0. The van der Waals surface area contributed by atoms with Gasteiger partial charge < -0.3 is 9.05 Å². The first-order chi connectivity index (χ1) is 11.1. The lowest BCUT2D eigenvalue weighted by Gasteiger charge is -2.37. The smallest absolute Gasteiger partial charge is 0.307 e. The zero-order valence-corrected chi connectivity index (χ0v) is 17.7. The van der Waals surface area contributed by atoms with E-state index in [-0.39, 0.29) is 12.2 Å². The van der Waals surface area contributed by atoms with Crippen LogP contribution in [0, 0.1) is 22.7 Å². The highest BCUT2D eigenvalue weighted by atomic mass is 31.1. The van der Waals surface area contributed by atoms with Gasteiger partial charge in [-0.1, -0.05) is 41.5 Å². The average Bonchev–Trinajstić information content (AvgIpc) is 2.46. The van der Waals surface area contributed by atoms with Crippen LogP contribution in [-0.4, -0.2) is 12.2 Å². The summed E-state index contributed by atoms with van der Waals surface area (Å²) in [5.74, 6) is 1.52. The monoisotopic (exact) mass is 358 g/mol. The lowest BCUT2D eigenvalue weighted by molar-refractivity contribution is 0.0509. The second kappa shape index (κ2) is 8.23. The molecule has 142 valence electrons. The predicted octanol–water partition coefficient (Wildman–Crippen LogP) is 6.62.